The van der Waals surface area contributed by atoms with Crippen LogP contribution in [0, 0.1) is 0 Å². The Bertz CT molecular complexity index is 704. The molecule has 1 fully saturated rings. The zero-order chi connectivity index (χ0) is 19.5. The highest BCUT2D eigenvalue weighted by Gasteiger charge is 2.34. The second-order valence-corrected chi connectivity index (χ2v) is 6.20. The van der Waals surface area contributed by atoms with E-state index in [4.69, 9.17) is 11.6 Å². The monoisotopic (exact) mass is 391 g/mol. The van der Waals surface area contributed by atoms with Crippen LogP contribution in [0.25, 0.3) is 0 Å². The lowest BCUT2D eigenvalue weighted by Gasteiger charge is -2.34. The van der Waals surface area contributed by atoms with Crippen molar-refractivity contribution in [3.8, 4) is 0 Å². The van der Waals surface area contributed by atoms with Gasteiger partial charge in [-0.25, -0.2) is 0 Å². The lowest BCUT2D eigenvalue weighted by atomic mass is 10.1. The Labute approximate surface area is 153 Å². The first-order valence-corrected chi connectivity index (χ1v) is 8.13. The number of carbonyl (C=O) groups is 3. The molecule has 0 atom stereocenters. The molecule has 142 valence electrons. The highest BCUT2D eigenvalue weighted by Crippen LogP contribution is 2.37. The summed E-state index contributed by atoms with van der Waals surface area (Å²) in [6, 6.07) is 3.06. The topological polar surface area (TPSA) is 60.9 Å². The summed E-state index contributed by atoms with van der Waals surface area (Å²) in [6.45, 7) is 2.12. The zero-order valence-electron chi connectivity index (χ0n) is 13.9. The lowest BCUT2D eigenvalue weighted by Crippen LogP contribution is -2.51. The molecule has 2 rings (SSSR count). The van der Waals surface area contributed by atoms with Crippen LogP contribution in [0.4, 0.5) is 18.9 Å². The predicted molar refractivity (Wildman–Crippen MR) is 88.7 cm³/mol. The minimum atomic E-state index is -4.68. The summed E-state index contributed by atoms with van der Waals surface area (Å²) in [5.74, 6) is -0.977. The van der Waals surface area contributed by atoms with E-state index in [9.17, 15) is 27.6 Å². The van der Waals surface area contributed by atoms with E-state index in [0.717, 1.165) is 17.0 Å². The predicted octanol–water partition coefficient (Wildman–Crippen LogP) is 2.01. The molecule has 1 heterocycles. The van der Waals surface area contributed by atoms with E-state index in [1.165, 1.54) is 22.8 Å². The Kier molecular flexibility index (Phi) is 6.12. The number of alkyl halides is 3. The number of amides is 3. The van der Waals surface area contributed by atoms with Crippen LogP contribution in [0.5, 0.6) is 0 Å². The first-order chi connectivity index (χ1) is 12.1. The van der Waals surface area contributed by atoms with Gasteiger partial charge in [0.15, 0.2) is 0 Å². The van der Waals surface area contributed by atoms with Gasteiger partial charge in [0.1, 0.15) is 6.54 Å². The highest BCUT2D eigenvalue weighted by atomic mass is 35.5. The summed E-state index contributed by atoms with van der Waals surface area (Å²) < 4.78 is 39.1. The Morgan fingerprint density at radius 3 is 2.35 bits per heavy atom. The summed E-state index contributed by atoms with van der Waals surface area (Å²) in [6.07, 6.45) is -3.99. The summed E-state index contributed by atoms with van der Waals surface area (Å²) >= 11 is 5.59. The molecule has 0 saturated carbocycles. The number of piperazine rings is 1. The van der Waals surface area contributed by atoms with Gasteiger partial charge in [-0.2, -0.15) is 13.2 Å². The van der Waals surface area contributed by atoms with Crippen LogP contribution in [-0.2, 0) is 20.6 Å². The molecular formula is C16H17ClF3N3O3. The van der Waals surface area contributed by atoms with Crippen molar-refractivity contribution in [2.45, 2.75) is 13.1 Å². The fraction of sp³-hybridized carbons (Fsp3) is 0.438. The van der Waals surface area contributed by atoms with E-state index in [1.54, 1.807) is 0 Å². The van der Waals surface area contributed by atoms with Gasteiger partial charge in [-0.05, 0) is 18.2 Å². The maximum absolute atomic E-state index is 13.0. The minimum Gasteiger partial charge on any atom is -0.342 e. The van der Waals surface area contributed by atoms with E-state index in [2.05, 4.69) is 0 Å². The summed E-state index contributed by atoms with van der Waals surface area (Å²) in [5.41, 5.74) is -1.14. The third-order valence-electron chi connectivity index (χ3n) is 4.06. The third kappa shape index (κ3) is 4.66. The number of hydrogen-bond acceptors (Lipinski definition) is 3. The average Bonchev–Trinajstić information content (AvgIpc) is 2.59. The van der Waals surface area contributed by atoms with Gasteiger partial charge >= 0.3 is 6.18 Å². The van der Waals surface area contributed by atoms with Crippen molar-refractivity contribution in [3.05, 3.63) is 28.8 Å². The fourth-order valence-corrected chi connectivity index (χ4v) is 2.82. The number of hydrogen-bond donors (Lipinski definition) is 0. The van der Waals surface area contributed by atoms with E-state index < -0.39 is 35.1 Å². The molecular weight excluding hydrogens is 375 g/mol. The molecule has 0 aromatic heterocycles. The quantitative estimate of drug-likeness (QED) is 0.738. The van der Waals surface area contributed by atoms with Crippen LogP contribution in [-0.4, -0.2) is 60.7 Å². The van der Waals surface area contributed by atoms with Crippen LogP contribution >= 0.6 is 11.6 Å². The molecule has 1 aliphatic heterocycles. The normalized spacial score (nSPS) is 15.0. The number of nitrogens with zero attached hydrogens (tertiary/aromatic N) is 3. The number of rotatable bonds is 4. The Morgan fingerprint density at radius 1 is 1.23 bits per heavy atom. The molecule has 0 N–H and O–H groups in total. The standard InChI is InChI=1S/C16H17ClF3N3O3/c1-11(25)23(9-15(26)22-6-4-21(10-24)5-7-22)12-2-3-14(17)13(8-12)16(18,19)20/h2-3,8,10H,4-7,9H2,1H3. The first-order valence-electron chi connectivity index (χ1n) is 7.75. The minimum absolute atomic E-state index is 0.0610. The van der Waals surface area contributed by atoms with Crippen molar-refractivity contribution >= 4 is 35.5 Å². The average molecular weight is 392 g/mol. The van der Waals surface area contributed by atoms with Crippen LogP contribution < -0.4 is 4.90 Å². The van der Waals surface area contributed by atoms with Crippen LogP contribution in [0.15, 0.2) is 18.2 Å². The third-order valence-corrected chi connectivity index (χ3v) is 4.39. The van der Waals surface area contributed by atoms with Crippen LogP contribution in [0.2, 0.25) is 5.02 Å². The van der Waals surface area contributed by atoms with Crippen LogP contribution in [0.1, 0.15) is 12.5 Å². The molecule has 0 spiro atoms. The molecule has 0 aliphatic carbocycles. The highest BCUT2D eigenvalue weighted by molar-refractivity contribution is 6.31. The SMILES string of the molecule is CC(=O)N(CC(=O)N1CCN(C=O)CC1)c1ccc(Cl)c(C(F)(F)F)c1. The van der Waals surface area contributed by atoms with Crippen molar-refractivity contribution in [1.29, 1.82) is 0 Å². The van der Waals surface area contributed by atoms with Gasteiger partial charge in [-0.15, -0.1) is 0 Å². The van der Waals surface area contributed by atoms with Crippen molar-refractivity contribution in [3.63, 3.8) is 0 Å². The van der Waals surface area contributed by atoms with Gasteiger partial charge in [-0.1, -0.05) is 11.6 Å². The molecule has 26 heavy (non-hydrogen) atoms. The summed E-state index contributed by atoms with van der Waals surface area (Å²) in [4.78, 5) is 39.0. The Hall–Kier alpha value is -2.29. The molecule has 0 unspecified atom stereocenters. The van der Waals surface area contributed by atoms with Gasteiger partial charge in [0.2, 0.25) is 18.2 Å². The molecule has 6 nitrogen and oxygen atoms in total. The van der Waals surface area contributed by atoms with E-state index in [0.29, 0.717) is 32.6 Å². The maximum atomic E-state index is 13.0. The second-order valence-electron chi connectivity index (χ2n) is 5.79. The summed E-state index contributed by atoms with van der Waals surface area (Å²) in [7, 11) is 0. The van der Waals surface area contributed by atoms with Crippen molar-refractivity contribution in [1.82, 2.24) is 9.80 Å². The molecule has 1 aromatic rings. The van der Waals surface area contributed by atoms with Gasteiger partial charge < -0.3 is 14.7 Å². The largest absolute Gasteiger partial charge is 0.417 e. The molecule has 0 radical (unpaired) electrons. The van der Waals surface area contributed by atoms with Crippen LogP contribution in [0.3, 0.4) is 0 Å². The molecule has 1 saturated heterocycles. The summed E-state index contributed by atoms with van der Waals surface area (Å²) in [5, 5.41) is -0.485. The first kappa shape index (κ1) is 20.0. The van der Waals surface area contributed by atoms with Gasteiger partial charge in [0, 0.05) is 38.8 Å². The van der Waals surface area contributed by atoms with Gasteiger partial charge in [0.05, 0.1) is 10.6 Å². The molecule has 1 aromatic carbocycles. The fourth-order valence-electron chi connectivity index (χ4n) is 2.59. The molecule has 3 amide bonds. The van der Waals surface area contributed by atoms with Crippen molar-refractivity contribution < 1.29 is 27.6 Å². The maximum Gasteiger partial charge on any atom is 0.417 e. The number of carbonyl (C=O) groups excluding carboxylic acids is 3. The smallest absolute Gasteiger partial charge is 0.342 e. The van der Waals surface area contributed by atoms with E-state index in [1.807, 2.05) is 0 Å². The second kappa shape index (κ2) is 7.94. The zero-order valence-corrected chi connectivity index (χ0v) is 14.7. The Morgan fingerprint density at radius 2 is 1.85 bits per heavy atom. The lowest BCUT2D eigenvalue weighted by molar-refractivity contribution is -0.137. The van der Waals surface area contributed by atoms with Crippen molar-refractivity contribution in [2.75, 3.05) is 37.6 Å². The Balaban J connectivity index is 2.18. The van der Waals surface area contributed by atoms with E-state index in [-0.39, 0.29) is 5.69 Å². The molecule has 0 bridgehead atoms. The van der Waals surface area contributed by atoms with Gasteiger partial charge in [-0.3, -0.25) is 14.4 Å². The molecule has 10 heteroatoms. The molecule has 1 aliphatic rings. The number of anilines is 1. The van der Waals surface area contributed by atoms with Crippen molar-refractivity contribution in [2.24, 2.45) is 0 Å². The van der Waals surface area contributed by atoms with Gasteiger partial charge in [0.25, 0.3) is 0 Å². The number of benzene rings is 1. The number of halogens is 4. The van der Waals surface area contributed by atoms with E-state index >= 15 is 0 Å².